The summed E-state index contributed by atoms with van der Waals surface area (Å²) in [6, 6.07) is 11.8. The van der Waals surface area contributed by atoms with E-state index in [1.54, 1.807) is 4.90 Å². The molecule has 0 aliphatic heterocycles. The minimum Gasteiger partial charge on any atom is -0.390 e. The Bertz CT molecular complexity index is 794. The number of aliphatic hydroxyl groups is 1. The van der Waals surface area contributed by atoms with Crippen LogP contribution in [-0.2, 0) is 0 Å². The van der Waals surface area contributed by atoms with Crippen LogP contribution in [-0.4, -0.2) is 40.1 Å². The molecule has 1 fully saturated rings. The molecule has 138 valence electrons. The fourth-order valence-corrected chi connectivity index (χ4v) is 3.79. The van der Waals surface area contributed by atoms with Crippen LogP contribution in [0.4, 0.5) is 0 Å². The maximum absolute atomic E-state index is 12.8. The van der Waals surface area contributed by atoms with Gasteiger partial charge in [-0.1, -0.05) is 31.0 Å². The zero-order valence-electron chi connectivity index (χ0n) is 16.0. The minimum absolute atomic E-state index is 0.00818. The predicted molar refractivity (Wildman–Crippen MR) is 104 cm³/mol. The first-order valence-electron chi connectivity index (χ1n) is 9.40. The average Bonchev–Trinajstić information content (AvgIpc) is 3.06. The van der Waals surface area contributed by atoms with Crippen molar-refractivity contribution in [2.24, 2.45) is 0 Å². The number of aromatic nitrogens is 1. The molecule has 0 atom stereocenters. The van der Waals surface area contributed by atoms with E-state index in [2.05, 4.69) is 11.1 Å². The van der Waals surface area contributed by atoms with Crippen molar-refractivity contribution in [1.82, 2.24) is 9.88 Å². The van der Waals surface area contributed by atoms with Gasteiger partial charge in [0.15, 0.2) is 0 Å². The number of carbonyl (C=O) groups excluding carboxylic acids is 1. The number of hydrogen-bond acceptors (Lipinski definition) is 3. The minimum atomic E-state index is -0.582. The van der Waals surface area contributed by atoms with Crippen molar-refractivity contribution in [3.05, 3.63) is 53.3 Å². The molecule has 1 aliphatic rings. The Morgan fingerprint density at radius 1 is 1.19 bits per heavy atom. The van der Waals surface area contributed by atoms with Crippen molar-refractivity contribution in [3.63, 3.8) is 0 Å². The second-order valence-electron chi connectivity index (χ2n) is 7.57. The Hall–Kier alpha value is -2.20. The summed E-state index contributed by atoms with van der Waals surface area (Å²) in [6.07, 6.45) is 4.52. The van der Waals surface area contributed by atoms with E-state index in [0.717, 1.165) is 48.2 Å². The second kappa shape index (κ2) is 7.58. The number of hydrogen-bond donors (Lipinski definition) is 1. The summed E-state index contributed by atoms with van der Waals surface area (Å²) >= 11 is 0. The van der Waals surface area contributed by atoms with Crippen molar-refractivity contribution < 1.29 is 9.90 Å². The molecule has 0 spiro atoms. The van der Waals surface area contributed by atoms with E-state index in [0.29, 0.717) is 18.5 Å². The van der Waals surface area contributed by atoms with Crippen LogP contribution in [0.2, 0.25) is 0 Å². The number of nitrogens with zero attached hydrogens (tertiary/aromatic N) is 2. The van der Waals surface area contributed by atoms with Gasteiger partial charge in [0.2, 0.25) is 0 Å². The van der Waals surface area contributed by atoms with Crippen LogP contribution in [0.5, 0.6) is 0 Å². The summed E-state index contributed by atoms with van der Waals surface area (Å²) in [5.74, 6) is -0.00818. The summed E-state index contributed by atoms with van der Waals surface area (Å²) in [6.45, 7) is 4.54. The van der Waals surface area contributed by atoms with Crippen LogP contribution < -0.4 is 0 Å². The first-order chi connectivity index (χ1) is 12.4. The number of carbonyl (C=O) groups is 1. The zero-order valence-corrected chi connectivity index (χ0v) is 16.0. The second-order valence-corrected chi connectivity index (χ2v) is 7.57. The summed E-state index contributed by atoms with van der Waals surface area (Å²) in [7, 11) is 1.81. The van der Waals surface area contributed by atoms with Gasteiger partial charge in [-0.25, -0.2) is 0 Å². The molecule has 0 bridgehead atoms. The topological polar surface area (TPSA) is 53.4 Å². The third kappa shape index (κ3) is 4.13. The molecule has 4 nitrogen and oxygen atoms in total. The first-order valence-corrected chi connectivity index (χ1v) is 9.40. The quantitative estimate of drug-likeness (QED) is 0.880. The standard InChI is InChI=1S/C22H28N2O2/c1-16-9-10-20(17(2)23-16)18-7-6-8-19(15-18)21(25)24(3)14-13-22(26)11-4-5-12-22/h6-10,15,26H,4-5,11-14H2,1-3H3. The van der Waals surface area contributed by atoms with Crippen LogP contribution >= 0.6 is 0 Å². The molecular formula is C22H28N2O2. The van der Waals surface area contributed by atoms with Gasteiger partial charge in [0.1, 0.15) is 0 Å². The summed E-state index contributed by atoms with van der Waals surface area (Å²) in [5.41, 5.74) is 4.09. The average molecular weight is 352 g/mol. The summed E-state index contributed by atoms with van der Waals surface area (Å²) in [4.78, 5) is 19.0. The van der Waals surface area contributed by atoms with E-state index in [9.17, 15) is 9.90 Å². The Morgan fingerprint density at radius 3 is 2.62 bits per heavy atom. The van der Waals surface area contributed by atoms with Crippen molar-refractivity contribution >= 4 is 5.91 Å². The molecule has 1 saturated carbocycles. The van der Waals surface area contributed by atoms with Gasteiger partial charge in [-0.3, -0.25) is 9.78 Å². The number of aryl methyl sites for hydroxylation is 2. The van der Waals surface area contributed by atoms with Crippen LogP contribution in [0.15, 0.2) is 36.4 Å². The number of benzene rings is 1. The molecule has 3 rings (SSSR count). The Kier molecular flexibility index (Phi) is 5.42. The van der Waals surface area contributed by atoms with E-state index < -0.39 is 5.60 Å². The molecule has 4 heteroatoms. The molecule has 1 aliphatic carbocycles. The van der Waals surface area contributed by atoms with Crippen molar-refractivity contribution in [1.29, 1.82) is 0 Å². The van der Waals surface area contributed by atoms with Gasteiger partial charge >= 0.3 is 0 Å². The lowest BCUT2D eigenvalue weighted by atomic mass is 9.97. The van der Waals surface area contributed by atoms with Crippen LogP contribution in [0.1, 0.15) is 53.8 Å². The van der Waals surface area contributed by atoms with E-state index in [-0.39, 0.29) is 5.91 Å². The smallest absolute Gasteiger partial charge is 0.253 e. The van der Waals surface area contributed by atoms with Crippen LogP contribution in [0, 0.1) is 13.8 Å². The molecule has 26 heavy (non-hydrogen) atoms. The fraction of sp³-hybridized carbons (Fsp3) is 0.455. The van der Waals surface area contributed by atoms with Gasteiger partial charge in [-0.15, -0.1) is 0 Å². The first kappa shape index (κ1) is 18.6. The maximum atomic E-state index is 12.8. The van der Waals surface area contributed by atoms with E-state index in [1.807, 2.05) is 51.2 Å². The highest BCUT2D eigenvalue weighted by atomic mass is 16.3. The third-order valence-corrected chi connectivity index (χ3v) is 5.44. The van der Waals surface area contributed by atoms with E-state index in [4.69, 9.17) is 0 Å². The van der Waals surface area contributed by atoms with Gasteiger partial charge in [0, 0.05) is 36.1 Å². The van der Waals surface area contributed by atoms with Crippen LogP contribution in [0.25, 0.3) is 11.1 Å². The summed E-state index contributed by atoms with van der Waals surface area (Å²) < 4.78 is 0. The van der Waals surface area contributed by atoms with Gasteiger partial charge in [-0.2, -0.15) is 0 Å². The van der Waals surface area contributed by atoms with Crippen LogP contribution in [0.3, 0.4) is 0 Å². The molecule has 1 aromatic heterocycles. The normalized spacial score (nSPS) is 15.8. The SMILES string of the molecule is Cc1ccc(-c2cccc(C(=O)N(C)CCC3(O)CCCC3)c2)c(C)n1. The Balaban J connectivity index is 1.73. The molecular weight excluding hydrogens is 324 g/mol. The molecule has 0 radical (unpaired) electrons. The lowest BCUT2D eigenvalue weighted by Crippen LogP contribution is -2.34. The highest BCUT2D eigenvalue weighted by Gasteiger charge is 2.31. The molecule has 0 saturated heterocycles. The zero-order chi connectivity index (χ0) is 18.7. The monoisotopic (exact) mass is 352 g/mol. The van der Waals surface area contributed by atoms with Gasteiger partial charge in [0.05, 0.1) is 5.60 Å². The highest BCUT2D eigenvalue weighted by molar-refractivity contribution is 5.95. The fourth-order valence-electron chi connectivity index (χ4n) is 3.79. The third-order valence-electron chi connectivity index (χ3n) is 5.44. The molecule has 1 N–H and O–H groups in total. The number of amides is 1. The summed E-state index contributed by atoms with van der Waals surface area (Å²) in [5, 5.41) is 10.5. The lowest BCUT2D eigenvalue weighted by molar-refractivity contribution is 0.0296. The van der Waals surface area contributed by atoms with Gasteiger partial charge in [-0.05, 0) is 56.9 Å². The molecule has 0 unspecified atom stereocenters. The Labute approximate surface area is 155 Å². The lowest BCUT2D eigenvalue weighted by Gasteiger charge is -2.26. The maximum Gasteiger partial charge on any atom is 0.253 e. The van der Waals surface area contributed by atoms with Crippen molar-refractivity contribution in [2.45, 2.75) is 51.6 Å². The Morgan fingerprint density at radius 2 is 1.92 bits per heavy atom. The highest BCUT2D eigenvalue weighted by Crippen LogP contribution is 2.32. The van der Waals surface area contributed by atoms with Crippen molar-refractivity contribution in [3.8, 4) is 11.1 Å². The molecule has 1 heterocycles. The molecule has 1 amide bonds. The van der Waals surface area contributed by atoms with Crippen molar-refractivity contribution in [2.75, 3.05) is 13.6 Å². The van der Waals surface area contributed by atoms with Gasteiger partial charge < -0.3 is 10.0 Å². The van der Waals surface area contributed by atoms with Gasteiger partial charge in [0.25, 0.3) is 5.91 Å². The molecule has 1 aromatic carbocycles. The largest absolute Gasteiger partial charge is 0.390 e. The van der Waals surface area contributed by atoms with E-state index in [1.165, 1.54) is 0 Å². The van der Waals surface area contributed by atoms with E-state index >= 15 is 0 Å². The molecule has 2 aromatic rings. The predicted octanol–water partition coefficient (Wildman–Crippen LogP) is 4.13. The number of rotatable bonds is 5. The number of pyridine rings is 1.